The SMILES string of the molecule is CCn1cc(CCN)c(-c2ccsc2)n1. The highest BCUT2D eigenvalue weighted by atomic mass is 32.1. The molecule has 80 valence electrons. The van der Waals surface area contributed by atoms with E-state index >= 15 is 0 Å². The molecule has 0 aliphatic carbocycles. The first-order chi connectivity index (χ1) is 7.35. The Hall–Kier alpha value is -1.13. The van der Waals surface area contributed by atoms with Crippen molar-refractivity contribution in [2.75, 3.05) is 6.54 Å². The smallest absolute Gasteiger partial charge is 0.0963 e. The van der Waals surface area contributed by atoms with E-state index in [1.807, 2.05) is 4.68 Å². The number of aryl methyl sites for hydroxylation is 1. The first-order valence-electron chi connectivity index (χ1n) is 5.14. The van der Waals surface area contributed by atoms with Crippen molar-refractivity contribution in [1.29, 1.82) is 0 Å². The lowest BCUT2D eigenvalue weighted by Crippen LogP contribution is -2.02. The van der Waals surface area contributed by atoms with Crippen LogP contribution in [0.15, 0.2) is 23.0 Å². The molecule has 0 unspecified atom stereocenters. The molecule has 2 N–H and O–H groups in total. The summed E-state index contributed by atoms with van der Waals surface area (Å²) in [6.45, 7) is 3.67. The molecule has 0 fully saturated rings. The van der Waals surface area contributed by atoms with E-state index < -0.39 is 0 Å². The van der Waals surface area contributed by atoms with Crippen LogP contribution in [0.25, 0.3) is 11.3 Å². The average molecular weight is 221 g/mol. The molecule has 0 radical (unpaired) electrons. The quantitative estimate of drug-likeness (QED) is 0.859. The van der Waals surface area contributed by atoms with E-state index in [0.29, 0.717) is 6.54 Å². The molecule has 0 saturated carbocycles. The van der Waals surface area contributed by atoms with Crippen molar-refractivity contribution in [1.82, 2.24) is 9.78 Å². The molecule has 2 heterocycles. The second-order valence-electron chi connectivity index (χ2n) is 3.41. The van der Waals surface area contributed by atoms with E-state index in [9.17, 15) is 0 Å². The van der Waals surface area contributed by atoms with Crippen LogP contribution in [0.3, 0.4) is 0 Å². The van der Waals surface area contributed by atoms with Crippen LogP contribution in [-0.2, 0) is 13.0 Å². The van der Waals surface area contributed by atoms with Crippen LogP contribution in [0, 0.1) is 0 Å². The van der Waals surface area contributed by atoms with Gasteiger partial charge in [0.1, 0.15) is 0 Å². The van der Waals surface area contributed by atoms with Crippen LogP contribution in [0.4, 0.5) is 0 Å². The monoisotopic (exact) mass is 221 g/mol. The van der Waals surface area contributed by atoms with E-state index in [2.05, 4.69) is 35.0 Å². The van der Waals surface area contributed by atoms with Crippen LogP contribution in [0.2, 0.25) is 0 Å². The molecule has 0 aliphatic rings. The normalized spacial score (nSPS) is 10.8. The van der Waals surface area contributed by atoms with E-state index in [-0.39, 0.29) is 0 Å². The van der Waals surface area contributed by atoms with Gasteiger partial charge in [-0.3, -0.25) is 4.68 Å². The van der Waals surface area contributed by atoms with Gasteiger partial charge in [0.2, 0.25) is 0 Å². The highest BCUT2D eigenvalue weighted by Gasteiger charge is 2.09. The maximum atomic E-state index is 5.60. The number of hydrogen-bond acceptors (Lipinski definition) is 3. The Balaban J connectivity index is 2.40. The minimum absolute atomic E-state index is 0.673. The zero-order valence-electron chi connectivity index (χ0n) is 8.81. The Morgan fingerprint density at radius 3 is 3.00 bits per heavy atom. The molecule has 0 aromatic carbocycles. The van der Waals surface area contributed by atoms with E-state index in [1.165, 1.54) is 11.1 Å². The van der Waals surface area contributed by atoms with Gasteiger partial charge in [-0.15, -0.1) is 0 Å². The van der Waals surface area contributed by atoms with Gasteiger partial charge >= 0.3 is 0 Å². The second-order valence-corrected chi connectivity index (χ2v) is 4.19. The molecule has 0 aliphatic heterocycles. The Bertz CT molecular complexity index is 417. The molecule has 0 bridgehead atoms. The maximum absolute atomic E-state index is 5.60. The lowest BCUT2D eigenvalue weighted by Gasteiger charge is -1.96. The topological polar surface area (TPSA) is 43.8 Å². The molecule has 2 rings (SSSR count). The Morgan fingerprint density at radius 1 is 1.53 bits per heavy atom. The van der Waals surface area contributed by atoms with Gasteiger partial charge in [-0.25, -0.2) is 0 Å². The summed E-state index contributed by atoms with van der Waals surface area (Å²) in [5, 5.41) is 8.76. The van der Waals surface area contributed by atoms with Crippen molar-refractivity contribution >= 4 is 11.3 Å². The van der Waals surface area contributed by atoms with Gasteiger partial charge in [0, 0.05) is 23.7 Å². The molecule has 0 amide bonds. The van der Waals surface area contributed by atoms with Crippen molar-refractivity contribution in [3.63, 3.8) is 0 Å². The number of rotatable bonds is 4. The fourth-order valence-corrected chi connectivity index (χ4v) is 2.25. The second kappa shape index (κ2) is 4.59. The van der Waals surface area contributed by atoms with Gasteiger partial charge < -0.3 is 5.73 Å². The third-order valence-corrected chi connectivity index (χ3v) is 3.05. The zero-order valence-corrected chi connectivity index (χ0v) is 9.63. The molecule has 2 aromatic rings. The number of aromatic nitrogens is 2. The van der Waals surface area contributed by atoms with Gasteiger partial charge in [-0.05, 0) is 36.9 Å². The number of thiophene rings is 1. The fraction of sp³-hybridized carbons (Fsp3) is 0.364. The van der Waals surface area contributed by atoms with Crippen molar-refractivity contribution in [3.8, 4) is 11.3 Å². The molecule has 15 heavy (non-hydrogen) atoms. The van der Waals surface area contributed by atoms with Crippen LogP contribution in [-0.4, -0.2) is 16.3 Å². The molecule has 3 nitrogen and oxygen atoms in total. The molecule has 0 atom stereocenters. The summed E-state index contributed by atoms with van der Waals surface area (Å²) in [7, 11) is 0. The highest BCUT2D eigenvalue weighted by molar-refractivity contribution is 7.08. The lowest BCUT2D eigenvalue weighted by atomic mass is 10.1. The lowest BCUT2D eigenvalue weighted by molar-refractivity contribution is 0.661. The minimum Gasteiger partial charge on any atom is -0.330 e. The van der Waals surface area contributed by atoms with Crippen LogP contribution in [0.1, 0.15) is 12.5 Å². The average Bonchev–Trinajstić information content (AvgIpc) is 2.85. The largest absolute Gasteiger partial charge is 0.330 e. The predicted octanol–water partition coefficient (Wildman–Crippen LogP) is 2.13. The van der Waals surface area contributed by atoms with Crippen molar-refractivity contribution < 1.29 is 0 Å². The minimum atomic E-state index is 0.673. The Kier molecular flexibility index (Phi) is 3.18. The molecule has 4 heteroatoms. The van der Waals surface area contributed by atoms with E-state index in [4.69, 9.17) is 5.73 Å². The van der Waals surface area contributed by atoms with Crippen molar-refractivity contribution in [2.24, 2.45) is 5.73 Å². The third kappa shape index (κ3) is 2.11. The van der Waals surface area contributed by atoms with Gasteiger partial charge in [-0.1, -0.05) is 0 Å². The summed E-state index contributed by atoms with van der Waals surface area (Å²) >= 11 is 1.70. The summed E-state index contributed by atoms with van der Waals surface area (Å²) in [6.07, 6.45) is 2.99. The Morgan fingerprint density at radius 2 is 2.40 bits per heavy atom. The van der Waals surface area contributed by atoms with Crippen LogP contribution >= 0.6 is 11.3 Å². The van der Waals surface area contributed by atoms with Crippen LogP contribution < -0.4 is 5.73 Å². The molecular weight excluding hydrogens is 206 g/mol. The van der Waals surface area contributed by atoms with Crippen molar-refractivity contribution in [3.05, 3.63) is 28.6 Å². The van der Waals surface area contributed by atoms with E-state index in [1.54, 1.807) is 11.3 Å². The summed E-state index contributed by atoms with van der Waals surface area (Å²) < 4.78 is 1.97. The van der Waals surface area contributed by atoms with Gasteiger partial charge in [0.05, 0.1) is 5.69 Å². The molecular formula is C11H15N3S. The van der Waals surface area contributed by atoms with Crippen molar-refractivity contribution in [2.45, 2.75) is 19.9 Å². The Labute approximate surface area is 93.5 Å². The molecule has 0 spiro atoms. The first kappa shape index (κ1) is 10.4. The molecule has 0 saturated heterocycles. The third-order valence-electron chi connectivity index (χ3n) is 2.37. The van der Waals surface area contributed by atoms with Crippen LogP contribution in [0.5, 0.6) is 0 Å². The van der Waals surface area contributed by atoms with Gasteiger partial charge in [-0.2, -0.15) is 16.4 Å². The number of nitrogens with zero attached hydrogens (tertiary/aromatic N) is 2. The summed E-state index contributed by atoms with van der Waals surface area (Å²) in [5.41, 5.74) is 9.14. The zero-order chi connectivity index (χ0) is 10.7. The number of hydrogen-bond donors (Lipinski definition) is 1. The van der Waals surface area contributed by atoms with E-state index in [0.717, 1.165) is 18.7 Å². The first-order valence-corrected chi connectivity index (χ1v) is 6.08. The predicted molar refractivity (Wildman–Crippen MR) is 64.0 cm³/mol. The van der Waals surface area contributed by atoms with Gasteiger partial charge in [0.25, 0.3) is 0 Å². The number of nitrogens with two attached hydrogens (primary N) is 1. The highest BCUT2D eigenvalue weighted by Crippen LogP contribution is 2.24. The molecule has 2 aromatic heterocycles. The summed E-state index contributed by atoms with van der Waals surface area (Å²) in [6, 6.07) is 2.10. The summed E-state index contributed by atoms with van der Waals surface area (Å²) in [4.78, 5) is 0. The van der Waals surface area contributed by atoms with Gasteiger partial charge in [0.15, 0.2) is 0 Å². The standard InChI is InChI=1S/C11H15N3S/c1-2-14-7-9(3-5-12)11(13-14)10-4-6-15-8-10/h4,6-8H,2-3,5,12H2,1H3. The maximum Gasteiger partial charge on any atom is 0.0963 e. The fourth-order valence-electron chi connectivity index (χ4n) is 1.61. The summed E-state index contributed by atoms with van der Waals surface area (Å²) in [5.74, 6) is 0.